The van der Waals surface area contributed by atoms with E-state index in [-0.39, 0.29) is 10.6 Å². The fourth-order valence-corrected chi connectivity index (χ4v) is 3.47. The molecule has 0 aliphatic heterocycles. The second kappa shape index (κ2) is 4.23. The van der Waals surface area contributed by atoms with Gasteiger partial charge in [-0.3, -0.25) is 5.10 Å². The van der Waals surface area contributed by atoms with E-state index in [4.69, 9.17) is 0 Å². The molecular formula is C9H12F3N3O2S. The molecule has 1 fully saturated rings. The number of aryl methyl sites for hydroxylation is 1. The Morgan fingerprint density at radius 1 is 1.50 bits per heavy atom. The molecule has 0 spiro atoms. The SMILES string of the molecule is Cc1[nH]ncc1S(=O)(=O)N(CC(F)(F)F)C1CC1. The average Bonchev–Trinajstić information content (AvgIpc) is 2.95. The van der Waals surface area contributed by atoms with E-state index in [1.54, 1.807) is 0 Å². The van der Waals surface area contributed by atoms with Gasteiger partial charge < -0.3 is 0 Å². The van der Waals surface area contributed by atoms with Gasteiger partial charge >= 0.3 is 6.18 Å². The fourth-order valence-electron chi connectivity index (χ4n) is 1.68. The van der Waals surface area contributed by atoms with Crippen LogP contribution in [0.15, 0.2) is 11.1 Å². The first kappa shape index (κ1) is 13.3. The molecule has 0 unspecified atom stereocenters. The highest BCUT2D eigenvalue weighted by atomic mass is 32.2. The number of H-pyrrole nitrogens is 1. The highest BCUT2D eigenvalue weighted by Gasteiger charge is 2.45. The number of sulfonamides is 1. The molecule has 2 rings (SSSR count). The highest BCUT2D eigenvalue weighted by Crippen LogP contribution is 2.35. The number of hydrogen-bond donors (Lipinski definition) is 1. The molecule has 102 valence electrons. The van der Waals surface area contributed by atoms with Gasteiger partial charge in [-0.15, -0.1) is 0 Å². The van der Waals surface area contributed by atoms with Crippen molar-refractivity contribution in [1.82, 2.24) is 14.5 Å². The van der Waals surface area contributed by atoms with Gasteiger partial charge in [0.1, 0.15) is 11.4 Å². The Morgan fingerprint density at radius 2 is 2.11 bits per heavy atom. The Labute approximate surface area is 102 Å². The maximum Gasteiger partial charge on any atom is 0.402 e. The maximum absolute atomic E-state index is 12.4. The maximum atomic E-state index is 12.4. The first-order chi connectivity index (χ1) is 8.22. The lowest BCUT2D eigenvalue weighted by molar-refractivity contribution is -0.137. The summed E-state index contributed by atoms with van der Waals surface area (Å²) in [5.74, 6) is 0. The minimum Gasteiger partial charge on any atom is -0.281 e. The molecule has 1 aromatic heterocycles. The summed E-state index contributed by atoms with van der Waals surface area (Å²) in [6, 6.07) is -0.550. The van der Waals surface area contributed by atoms with Crippen LogP contribution in [0.2, 0.25) is 0 Å². The van der Waals surface area contributed by atoms with Gasteiger partial charge in [0.2, 0.25) is 10.0 Å². The van der Waals surface area contributed by atoms with Gasteiger partial charge in [0.25, 0.3) is 0 Å². The molecule has 0 radical (unpaired) electrons. The molecule has 0 aromatic carbocycles. The standard InChI is InChI=1S/C9H12F3N3O2S/c1-6-8(4-13-14-6)18(16,17)15(7-2-3-7)5-9(10,11)12/h4,7H,2-3,5H2,1H3,(H,13,14). The van der Waals surface area contributed by atoms with Crippen molar-refractivity contribution in [2.24, 2.45) is 0 Å². The molecule has 1 aliphatic rings. The normalized spacial score (nSPS) is 17.4. The van der Waals surface area contributed by atoms with Gasteiger partial charge in [-0.05, 0) is 19.8 Å². The van der Waals surface area contributed by atoms with Crippen LogP contribution in [0.1, 0.15) is 18.5 Å². The number of aromatic nitrogens is 2. The highest BCUT2D eigenvalue weighted by molar-refractivity contribution is 7.89. The molecule has 5 nitrogen and oxygen atoms in total. The molecule has 9 heteroatoms. The lowest BCUT2D eigenvalue weighted by Crippen LogP contribution is -2.40. The second-order valence-electron chi connectivity index (χ2n) is 4.26. The third kappa shape index (κ3) is 2.66. The van der Waals surface area contributed by atoms with Gasteiger partial charge in [0, 0.05) is 6.04 Å². The molecule has 0 amide bonds. The third-order valence-corrected chi connectivity index (χ3v) is 4.67. The fraction of sp³-hybridized carbons (Fsp3) is 0.667. The molecule has 1 aliphatic carbocycles. The average molecular weight is 283 g/mol. The number of aromatic amines is 1. The first-order valence-corrected chi connectivity index (χ1v) is 6.74. The molecule has 18 heavy (non-hydrogen) atoms. The number of rotatable bonds is 4. The van der Waals surface area contributed by atoms with Crippen LogP contribution in [0.25, 0.3) is 0 Å². The Morgan fingerprint density at radius 3 is 2.50 bits per heavy atom. The van der Waals surface area contributed by atoms with Crippen LogP contribution in [0.4, 0.5) is 13.2 Å². The summed E-state index contributed by atoms with van der Waals surface area (Å²) < 4.78 is 62.1. The Kier molecular flexibility index (Phi) is 3.14. The topological polar surface area (TPSA) is 66.1 Å². The van der Waals surface area contributed by atoms with Crippen molar-refractivity contribution in [3.8, 4) is 0 Å². The van der Waals surface area contributed by atoms with E-state index >= 15 is 0 Å². The lowest BCUT2D eigenvalue weighted by Gasteiger charge is -2.22. The molecule has 1 saturated carbocycles. The van der Waals surface area contributed by atoms with E-state index in [1.165, 1.54) is 6.92 Å². The number of nitrogens with one attached hydrogen (secondary N) is 1. The van der Waals surface area contributed by atoms with Crippen molar-refractivity contribution in [1.29, 1.82) is 0 Å². The molecule has 0 atom stereocenters. The lowest BCUT2D eigenvalue weighted by atomic mass is 10.5. The van der Waals surface area contributed by atoms with Crippen molar-refractivity contribution < 1.29 is 21.6 Å². The van der Waals surface area contributed by atoms with Gasteiger partial charge in [-0.1, -0.05) is 0 Å². The number of hydrogen-bond acceptors (Lipinski definition) is 3. The Hall–Kier alpha value is -1.09. The van der Waals surface area contributed by atoms with Crippen LogP contribution in [0.5, 0.6) is 0 Å². The van der Waals surface area contributed by atoms with Crippen molar-refractivity contribution in [2.45, 2.75) is 36.9 Å². The molecule has 1 aromatic rings. The van der Waals surface area contributed by atoms with Crippen molar-refractivity contribution in [3.05, 3.63) is 11.9 Å². The third-order valence-electron chi connectivity index (χ3n) is 2.66. The van der Waals surface area contributed by atoms with Gasteiger partial charge in [0.05, 0.1) is 11.9 Å². The summed E-state index contributed by atoms with van der Waals surface area (Å²) in [5.41, 5.74) is 0.239. The zero-order valence-electron chi connectivity index (χ0n) is 9.53. The number of halogens is 3. The zero-order valence-corrected chi connectivity index (χ0v) is 10.3. The quantitative estimate of drug-likeness (QED) is 0.909. The molecule has 1 heterocycles. The number of alkyl halides is 3. The summed E-state index contributed by atoms with van der Waals surface area (Å²) in [7, 11) is -4.14. The Balaban J connectivity index is 2.34. The van der Waals surface area contributed by atoms with Crippen molar-refractivity contribution in [3.63, 3.8) is 0 Å². The molecule has 1 N–H and O–H groups in total. The summed E-state index contributed by atoms with van der Waals surface area (Å²) in [6.45, 7) is 0.00314. The van der Waals surface area contributed by atoms with E-state index in [1.807, 2.05) is 0 Å². The summed E-state index contributed by atoms with van der Waals surface area (Å²) in [4.78, 5) is -0.196. The number of nitrogens with zero attached hydrogens (tertiary/aromatic N) is 2. The summed E-state index contributed by atoms with van der Waals surface area (Å²) >= 11 is 0. The zero-order chi connectivity index (χ0) is 13.6. The predicted octanol–water partition coefficient (Wildman–Crippen LogP) is 1.43. The molecule has 0 bridgehead atoms. The Bertz CT molecular complexity index is 533. The van der Waals surface area contributed by atoms with Crippen LogP contribution in [0, 0.1) is 6.92 Å². The minimum absolute atomic E-state index is 0.196. The largest absolute Gasteiger partial charge is 0.402 e. The predicted molar refractivity (Wildman–Crippen MR) is 56.3 cm³/mol. The smallest absolute Gasteiger partial charge is 0.281 e. The van der Waals surface area contributed by atoms with Crippen LogP contribution >= 0.6 is 0 Å². The van der Waals surface area contributed by atoms with E-state index in [0.29, 0.717) is 17.1 Å². The molecule has 0 saturated heterocycles. The van der Waals surface area contributed by atoms with Crippen LogP contribution in [-0.2, 0) is 10.0 Å². The second-order valence-corrected chi connectivity index (χ2v) is 6.11. The molecular weight excluding hydrogens is 271 g/mol. The van der Waals surface area contributed by atoms with Crippen molar-refractivity contribution in [2.75, 3.05) is 6.54 Å². The van der Waals surface area contributed by atoms with E-state index in [2.05, 4.69) is 10.2 Å². The summed E-state index contributed by atoms with van der Waals surface area (Å²) in [5, 5.41) is 5.95. The van der Waals surface area contributed by atoms with Crippen molar-refractivity contribution >= 4 is 10.0 Å². The monoisotopic (exact) mass is 283 g/mol. The minimum atomic E-state index is -4.55. The van der Waals surface area contributed by atoms with Gasteiger partial charge in [-0.2, -0.15) is 22.6 Å². The van der Waals surface area contributed by atoms with Crippen LogP contribution in [0.3, 0.4) is 0 Å². The summed E-state index contributed by atoms with van der Waals surface area (Å²) in [6.07, 6.45) is -2.58. The first-order valence-electron chi connectivity index (χ1n) is 5.30. The van der Waals surface area contributed by atoms with E-state index < -0.39 is 28.8 Å². The van der Waals surface area contributed by atoms with Crippen LogP contribution < -0.4 is 0 Å². The van der Waals surface area contributed by atoms with E-state index in [9.17, 15) is 21.6 Å². The van der Waals surface area contributed by atoms with E-state index in [0.717, 1.165) is 6.20 Å². The van der Waals surface area contributed by atoms with Crippen LogP contribution in [-0.4, -0.2) is 41.7 Å². The van der Waals surface area contributed by atoms with Gasteiger partial charge in [0.15, 0.2) is 0 Å². The van der Waals surface area contributed by atoms with Gasteiger partial charge in [-0.25, -0.2) is 8.42 Å².